The summed E-state index contributed by atoms with van der Waals surface area (Å²) in [5, 5.41) is 5.73. The third kappa shape index (κ3) is 3.47. The summed E-state index contributed by atoms with van der Waals surface area (Å²) in [5.74, 6) is 0.625. The maximum absolute atomic E-state index is 13.0. The number of benzene rings is 3. The van der Waals surface area contributed by atoms with Gasteiger partial charge in [0.15, 0.2) is 0 Å². The molecule has 0 spiro atoms. The molecule has 2 heterocycles. The molecular formula is C25H23N3O2. The van der Waals surface area contributed by atoms with E-state index < -0.39 is 0 Å². The van der Waals surface area contributed by atoms with E-state index in [9.17, 15) is 9.59 Å². The summed E-state index contributed by atoms with van der Waals surface area (Å²) < 4.78 is 1.82. The third-order valence-electron chi connectivity index (χ3n) is 5.84. The number of nitrogens with zero attached hydrogens (tertiary/aromatic N) is 2. The number of aromatic nitrogens is 2. The van der Waals surface area contributed by atoms with Crippen molar-refractivity contribution in [2.24, 2.45) is 0 Å². The summed E-state index contributed by atoms with van der Waals surface area (Å²) in [6, 6.07) is 19.0. The fourth-order valence-corrected chi connectivity index (χ4v) is 4.21. The van der Waals surface area contributed by atoms with Crippen molar-refractivity contribution in [2.75, 3.05) is 5.32 Å². The molecule has 0 saturated heterocycles. The molecule has 1 aromatic heterocycles. The summed E-state index contributed by atoms with van der Waals surface area (Å²) in [7, 11) is 0. The first-order chi connectivity index (χ1) is 14.7. The minimum Gasteiger partial charge on any atom is -0.322 e. The molecule has 150 valence electrons. The minimum absolute atomic E-state index is 0.00149. The van der Waals surface area contributed by atoms with Crippen molar-refractivity contribution in [1.29, 1.82) is 0 Å². The Morgan fingerprint density at radius 2 is 1.73 bits per heavy atom. The van der Waals surface area contributed by atoms with Crippen LogP contribution < -0.4 is 10.9 Å². The van der Waals surface area contributed by atoms with Crippen LogP contribution in [-0.2, 0) is 13.0 Å². The highest BCUT2D eigenvalue weighted by Crippen LogP contribution is 2.21. The van der Waals surface area contributed by atoms with Gasteiger partial charge in [0.2, 0.25) is 0 Å². The summed E-state index contributed by atoms with van der Waals surface area (Å²) in [4.78, 5) is 30.6. The molecule has 5 heteroatoms. The van der Waals surface area contributed by atoms with Crippen LogP contribution in [0.1, 0.15) is 41.9 Å². The average Bonchev–Trinajstić information content (AvgIpc) is 2.74. The molecule has 0 aliphatic carbocycles. The topological polar surface area (TPSA) is 64.0 Å². The highest BCUT2D eigenvalue weighted by Gasteiger charge is 2.15. The smallest absolute Gasteiger partial charge is 0.261 e. The second-order valence-electron chi connectivity index (χ2n) is 7.90. The Balaban J connectivity index is 1.48. The van der Waals surface area contributed by atoms with Crippen molar-refractivity contribution in [2.45, 2.75) is 38.6 Å². The number of rotatable bonds is 2. The lowest BCUT2D eigenvalue weighted by molar-refractivity contribution is 0.102. The van der Waals surface area contributed by atoms with E-state index in [1.165, 1.54) is 6.42 Å². The molecule has 1 N–H and O–H groups in total. The highest BCUT2D eigenvalue weighted by atomic mass is 16.1. The van der Waals surface area contributed by atoms with Crippen molar-refractivity contribution in [3.63, 3.8) is 0 Å². The second-order valence-corrected chi connectivity index (χ2v) is 7.90. The molecule has 0 bridgehead atoms. The Morgan fingerprint density at radius 1 is 0.900 bits per heavy atom. The number of aryl methyl sites for hydroxylation is 1. The summed E-state index contributed by atoms with van der Waals surface area (Å²) in [6.45, 7) is 0.724. The molecular weight excluding hydrogens is 374 g/mol. The first-order valence-electron chi connectivity index (χ1n) is 10.5. The van der Waals surface area contributed by atoms with Gasteiger partial charge in [0.05, 0.1) is 10.9 Å². The van der Waals surface area contributed by atoms with E-state index >= 15 is 0 Å². The Labute approximate surface area is 174 Å². The largest absolute Gasteiger partial charge is 0.322 e. The molecule has 0 radical (unpaired) electrons. The molecule has 0 fully saturated rings. The molecule has 0 unspecified atom stereocenters. The van der Waals surface area contributed by atoms with Gasteiger partial charge in [0.25, 0.3) is 11.5 Å². The van der Waals surface area contributed by atoms with Gasteiger partial charge >= 0.3 is 0 Å². The zero-order valence-electron chi connectivity index (χ0n) is 16.7. The Morgan fingerprint density at radius 3 is 2.63 bits per heavy atom. The monoisotopic (exact) mass is 397 g/mol. The van der Waals surface area contributed by atoms with E-state index in [0.29, 0.717) is 16.5 Å². The lowest BCUT2D eigenvalue weighted by atomic mass is 10.1. The number of fused-ring (bicyclic) bond motifs is 3. The van der Waals surface area contributed by atoms with Gasteiger partial charge in [0.1, 0.15) is 5.82 Å². The van der Waals surface area contributed by atoms with Crippen LogP contribution >= 0.6 is 0 Å². The van der Waals surface area contributed by atoms with Crippen LogP contribution in [0.4, 0.5) is 5.69 Å². The summed E-state index contributed by atoms with van der Waals surface area (Å²) >= 11 is 0. The zero-order chi connectivity index (χ0) is 20.5. The quantitative estimate of drug-likeness (QED) is 0.522. The Kier molecular flexibility index (Phi) is 4.79. The van der Waals surface area contributed by atoms with Crippen LogP contribution in [-0.4, -0.2) is 15.5 Å². The number of amides is 1. The van der Waals surface area contributed by atoms with Gasteiger partial charge in [-0.2, -0.15) is 0 Å². The normalized spacial score (nSPS) is 14.1. The number of carbonyl (C=O) groups excluding carboxylic acids is 1. The predicted molar refractivity (Wildman–Crippen MR) is 120 cm³/mol. The van der Waals surface area contributed by atoms with Crippen LogP contribution in [0.3, 0.4) is 0 Å². The molecule has 3 aromatic carbocycles. The van der Waals surface area contributed by atoms with Gasteiger partial charge < -0.3 is 5.32 Å². The number of nitrogens with one attached hydrogen (secondary N) is 1. The van der Waals surface area contributed by atoms with Gasteiger partial charge in [-0.25, -0.2) is 4.98 Å². The van der Waals surface area contributed by atoms with Crippen molar-refractivity contribution in [1.82, 2.24) is 9.55 Å². The first kappa shape index (κ1) is 18.6. The minimum atomic E-state index is -0.208. The van der Waals surface area contributed by atoms with E-state index in [2.05, 4.69) is 5.32 Å². The standard InChI is InChI=1S/C25H23N3O2/c29-24(26-20-12-10-17-7-4-5-8-18(17)15-20)19-11-13-21-22(16-19)27-23-9-3-1-2-6-14-28(23)25(21)30/h4-5,7-8,10-13,15-16H,1-3,6,9,14H2,(H,26,29). The maximum atomic E-state index is 13.0. The van der Waals surface area contributed by atoms with E-state index in [0.717, 1.165) is 54.5 Å². The molecule has 0 saturated carbocycles. The molecule has 0 atom stereocenters. The van der Waals surface area contributed by atoms with Crippen molar-refractivity contribution in [3.05, 3.63) is 82.4 Å². The zero-order valence-corrected chi connectivity index (χ0v) is 16.7. The highest BCUT2D eigenvalue weighted by molar-refractivity contribution is 6.06. The number of anilines is 1. The summed E-state index contributed by atoms with van der Waals surface area (Å²) in [6.07, 6.45) is 5.17. The average molecular weight is 397 g/mol. The molecule has 1 aliphatic heterocycles. The molecule has 1 aliphatic rings. The van der Waals surface area contributed by atoms with Gasteiger partial charge in [-0.1, -0.05) is 43.2 Å². The number of hydrogen-bond donors (Lipinski definition) is 1. The van der Waals surface area contributed by atoms with Crippen molar-refractivity contribution < 1.29 is 4.79 Å². The lowest BCUT2D eigenvalue weighted by Crippen LogP contribution is -2.26. The fraction of sp³-hybridized carbons (Fsp3) is 0.240. The third-order valence-corrected chi connectivity index (χ3v) is 5.84. The van der Waals surface area contributed by atoms with Crippen molar-refractivity contribution >= 4 is 33.3 Å². The van der Waals surface area contributed by atoms with Crippen LogP contribution in [0.2, 0.25) is 0 Å². The Bertz CT molecular complexity index is 1320. The van der Waals surface area contributed by atoms with Crippen LogP contribution in [0.25, 0.3) is 21.7 Å². The fourth-order valence-electron chi connectivity index (χ4n) is 4.21. The van der Waals surface area contributed by atoms with Gasteiger partial charge in [-0.05, 0) is 53.9 Å². The van der Waals surface area contributed by atoms with Crippen molar-refractivity contribution in [3.8, 4) is 0 Å². The lowest BCUT2D eigenvalue weighted by Gasteiger charge is -2.16. The molecule has 4 aromatic rings. The number of hydrogen-bond acceptors (Lipinski definition) is 3. The SMILES string of the molecule is O=C(Nc1ccc2ccccc2c1)c1ccc2c(=O)n3c(nc2c1)CCCCCC3. The number of carbonyl (C=O) groups is 1. The molecule has 1 amide bonds. The van der Waals surface area contributed by atoms with Gasteiger partial charge in [0, 0.05) is 24.2 Å². The van der Waals surface area contributed by atoms with Crippen LogP contribution in [0.5, 0.6) is 0 Å². The van der Waals surface area contributed by atoms with Crippen LogP contribution in [0.15, 0.2) is 65.5 Å². The van der Waals surface area contributed by atoms with E-state index in [-0.39, 0.29) is 11.5 Å². The Hall–Kier alpha value is -3.47. The van der Waals surface area contributed by atoms with Gasteiger partial charge in [-0.15, -0.1) is 0 Å². The van der Waals surface area contributed by atoms with E-state index in [1.807, 2.05) is 47.0 Å². The molecule has 30 heavy (non-hydrogen) atoms. The second kappa shape index (κ2) is 7.75. The maximum Gasteiger partial charge on any atom is 0.261 e. The first-order valence-corrected chi connectivity index (χ1v) is 10.5. The molecule has 5 rings (SSSR count). The predicted octanol–water partition coefficient (Wildman–Crippen LogP) is 4.92. The van der Waals surface area contributed by atoms with E-state index in [1.54, 1.807) is 18.2 Å². The summed E-state index contributed by atoms with van der Waals surface area (Å²) in [5.41, 5.74) is 1.83. The molecule has 5 nitrogen and oxygen atoms in total. The van der Waals surface area contributed by atoms with E-state index in [4.69, 9.17) is 4.98 Å². The van der Waals surface area contributed by atoms with Crippen LogP contribution in [0, 0.1) is 0 Å². The van der Waals surface area contributed by atoms with Gasteiger partial charge in [-0.3, -0.25) is 14.2 Å².